The first-order chi connectivity index (χ1) is 18.0. The molecule has 1 N–H and O–H groups in total. The van der Waals surface area contributed by atoms with Gasteiger partial charge in [-0.25, -0.2) is 16.8 Å². The SMILES string of the molecule is O=[N+]([O-])c1ccc(N=Nc2cc(N=Nc3cc([N+](=O)[O-])cc(S(=O)(=O)[O-])c3[O-])c(O)cc2[O-])c(S(=O)(=O)[O-])c1.[Fe+3].[Na+]. The number of rotatable bonds is 8. The molecule has 41 heavy (non-hydrogen) atoms. The smallest absolute Gasteiger partial charge is 0.871 e. The molecule has 3 rings (SSSR count). The van der Waals surface area contributed by atoms with E-state index in [1.807, 2.05) is 0 Å². The molecule has 0 amide bonds. The molecule has 0 aliphatic carbocycles. The van der Waals surface area contributed by atoms with Gasteiger partial charge in [0.1, 0.15) is 37.4 Å². The number of nitro benzene ring substituents is 2. The molecule has 0 aliphatic heterocycles. The van der Waals surface area contributed by atoms with Gasteiger partial charge in [0.05, 0.1) is 31.0 Å². The summed E-state index contributed by atoms with van der Waals surface area (Å²) < 4.78 is 68.3. The van der Waals surface area contributed by atoms with Crippen molar-refractivity contribution in [1.29, 1.82) is 0 Å². The predicted octanol–water partition coefficient (Wildman–Crippen LogP) is -1.00. The van der Waals surface area contributed by atoms with Crippen molar-refractivity contribution in [2.45, 2.75) is 9.79 Å². The zero-order chi connectivity index (χ0) is 29.3. The fourth-order valence-corrected chi connectivity index (χ4v) is 3.99. The van der Waals surface area contributed by atoms with Gasteiger partial charge in [0.25, 0.3) is 11.4 Å². The third kappa shape index (κ3) is 8.45. The van der Waals surface area contributed by atoms with Gasteiger partial charge in [0.2, 0.25) is 0 Å². The summed E-state index contributed by atoms with van der Waals surface area (Å²) >= 11 is 0. The molecule has 0 bridgehead atoms. The third-order valence-electron chi connectivity index (χ3n) is 4.51. The number of azo groups is 2. The van der Waals surface area contributed by atoms with E-state index in [9.17, 15) is 61.5 Å². The third-order valence-corrected chi connectivity index (χ3v) is 6.22. The second-order valence-corrected chi connectivity index (χ2v) is 9.77. The molecule has 0 saturated heterocycles. The van der Waals surface area contributed by atoms with E-state index in [-0.39, 0.29) is 52.7 Å². The molecule has 0 fully saturated rings. The summed E-state index contributed by atoms with van der Waals surface area (Å²) in [6.45, 7) is 0. The van der Waals surface area contributed by atoms with Gasteiger partial charge in [-0.05, 0) is 18.2 Å². The summed E-state index contributed by atoms with van der Waals surface area (Å²) in [7, 11) is -10.7. The monoisotopic (exact) mass is 659 g/mol. The van der Waals surface area contributed by atoms with Gasteiger partial charge >= 0.3 is 46.6 Å². The van der Waals surface area contributed by atoms with Crippen molar-refractivity contribution in [2.24, 2.45) is 20.5 Å². The first kappa shape index (κ1) is 35.4. The molecule has 0 aliphatic rings. The molecule has 19 nitrogen and oxygen atoms in total. The van der Waals surface area contributed by atoms with E-state index in [2.05, 4.69) is 20.5 Å². The van der Waals surface area contributed by atoms with Gasteiger partial charge in [-0.15, -0.1) is 10.2 Å². The maximum Gasteiger partial charge on any atom is 3.00 e. The number of benzene rings is 3. The van der Waals surface area contributed by atoms with Crippen molar-refractivity contribution in [1.82, 2.24) is 0 Å². The van der Waals surface area contributed by atoms with Crippen LogP contribution in [0.1, 0.15) is 0 Å². The van der Waals surface area contributed by atoms with Crippen LogP contribution in [0.25, 0.3) is 0 Å². The largest absolute Gasteiger partial charge is 3.00 e. The van der Waals surface area contributed by atoms with Crippen LogP contribution in [0.5, 0.6) is 17.2 Å². The number of hydrogen-bond donors (Lipinski definition) is 1. The summed E-state index contributed by atoms with van der Waals surface area (Å²) in [5, 5.41) is 69.8. The molecule has 0 unspecified atom stereocenters. The first-order valence-corrected chi connectivity index (χ1v) is 12.4. The summed E-state index contributed by atoms with van der Waals surface area (Å²) in [4.78, 5) is 17.2. The minimum atomic E-state index is -5.46. The predicted molar refractivity (Wildman–Crippen MR) is 117 cm³/mol. The molecule has 0 saturated carbocycles. The second-order valence-electron chi connectivity index (χ2n) is 7.08. The van der Waals surface area contributed by atoms with E-state index < -0.39 is 91.2 Å². The van der Waals surface area contributed by atoms with Crippen LogP contribution in [0.2, 0.25) is 0 Å². The van der Waals surface area contributed by atoms with E-state index in [1.54, 1.807) is 0 Å². The Morgan fingerprint density at radius 3 is 1.68 bits per heavy atom. The van der Waals surface area contributed by atoms with E-state index in [0.29, 0.717) is 24.3 Å². The van der Waals surface area contributed by atoms with Crippen LogP contribution >= 0.6 is 0 Å². The summed E-state index contributed by atoms with van der Waals surface area (Å²) in [5.41, 5.74) is -4.75. The number of hydrogen-bond acceptors (Lipinski definition) is 17. The van der Waals surface area contributed by atoms with Crippen molar-refractivity contribution in [3.63, 3.8) is 0 Å². The zero-order valence-corrected chi connectivity index (χ0v) is 24.5. The van der Waals surface area contributed by atoms with E-state index in [1.165, 1.54) is 0 Å². The van der Waals surface area contributed by atoms with Crippen LogP contribution in [0.15, 0.2) is 72.7 Å². The van der Waals surface area contributed by atoms with Crippen LogP contribution in [0, 0.1) is 20.2 Å². The van der Waals surface area contributed by atoms with Gasteiger partial charge in [-0.1, -0.05) is 11.5 Å². The standard InChI is InChI=1S/C18H12N6O13S2.Fe.Na/c25-14-7-15(26)12(21-22-13-3-9(24(30)31)5-17(18(13)27)39(35,36)37)6-11(14)20-19-10-2-1-8(23(28)29)4-16(10)38(32,33)34;;/h1-7,25-27H,(H,32,33,34)(H,35,36,37);;/q;+3;+1/p-4. The maximum absolute atomic E-state index is 12.2. The fourth-order valence-electron chi connectivity index (χ4n) is 2.76. The Labute approximate surface area is 260 Å². The molecule has 209 valence electrons. The van der Waals surface area contributed by atoms with E-state index in [4.69, 9.17) is 0 Å². The Morgan fingerprint density at radius 1 is 0.659 bits per heavy atom. The van der Waals surface area contributed by atoms with Crippen LogP contribution in [-0.4, -0.2) is 40.9 Å². The van der Waals surface area contributed by atoms with Gasteiger partial charge in [0, 0.05) is 24.3 Å². The molecule has 0 aromatic heterocycles. The molecule has 0 heterocycles. The average molecular weight is 659 g/mol. The summed E-state index contributed by atoms with van der Waals surface area (Å²) in [5.74, 6) is -3.47. The zero-order valence-electron chi connectivity index (χ0n) is 19.7. The minimum absolute atomic E-state index is 0. The van der Waals surface area contributed by atoms with Crippen LogP contribution < -0.4 is 39.8 Å². The number of phenols is 1. The molecule has 0 atom stereocenters. The van der Waals surface area contributed by atoms with Crippen LogP contribution in [-0.2, 0) is 37.3 Å². The number of non-ortho nitro benzene ring substituents is 2. The molecule has 3 aromatic carbocycles. The Morgan fingerprint density at radius 2 is 1.15 bits per heavy atom. The molecule has 1 radical (unpaired) electrons. The molecule has 0 spiro atoms. The first-order valence-electron chi connectivity index (χ1n) is 9.56. The van der Waals surface area contributed by atoms with Crippen LogP contribution in [0.3, 0.4) is 0 Å². The molecular weight excluding hydrogens is 651 g/mol. The maximum atomic E-state index is 12.2. The second kappa shape index (κ2) is 13.4. The van der Waals surface area contributed by atoms with Gasteiger partial charge in [-0.2, -0.15) is 10.2 Å². The van der Waals surface area contributed by atoms with Gasteiger partial charge in [-0.3, -0.25) is 20.2 Å². The molecule has 3 aromatic rings. The number of nitrogens with zero attached hydrogens (tertiary/aromatic N) is 6. The number of phenolic OH excluding ortho intramolecular Hbond substituents is 1. The normalized spacial score (nSPS) is 11.7. The molecular formula is C18H8FeN6NaO13S2. The average Bonchev–Trinajstić information content (AvgIpc) is 2.82. The number of aromatic hydroxyl groups is 1. The fraction of sp³-hybridized carbons (Fsp3) is 0. The van der Waals surface area contributed by atoms with Crippen molar-refractivity contribution >= 4 is 54.4 Å². The van der Waals surface area contributed by atoms with E-state index in [0.717, 1.165) is 12.1 Å². The van der Waals surface area contributed by atoms with Crippen molar-refractivity contribution in [3.05, 3.63) is 62.7 Å². The van der Waals surface area contributed by atoms with Gasteiger partial charge in [0.15, 0.2) is 0 Å². The minimum Gasteiger partial charge on any atom is -0.871 e. The Balaban J connectivity index is 0.00000420. The van der Waals surface area contributed by atoms with Crippen molar-refractivity contribution in [2.75, 3.05) is 0 Å². The van der Waals surface area contributed by atoms with Crippen molar-refractivity contribution in [3.8, 4) is 17.2 Å². The Hall–Kier alpha value is -3.60. The van der Waals surface area contributed by atoms with E-state index >= 15 is 0 Å². The topological polar surface area (TPSA) is 316 Å². The van der Waals surface area contributed by atoms with Crippen LogP contribution in [0.4, 0.5) is 34.1 Å². The summed E-state index contributed by atoms with van der Waals surface area (Å²) in [6.07, 6.45) is 0. The van der Waals surface area contributed by atoms with Gasteiger partial charge < -0.3 is 24.4 Å². The molecule has 23 heteroatoms. The van der Waals surface area contributed by atoms with Crippen molar-refractivity contribution < 1.29 is 97.7 Å². The Bertz CT molecular complexity index is 1820. The Kier molecular flexibility index (Phi) is 11.6. The quantitative estimate of drug-likeness (QED) is 0.0998. The number of nitro groups is 2. The summed E-state index contributed by atoms with van der Waals surface area (Å²) in [6, 6.07) is 3.89.